The summed E-state index contributed by atoms with van der Waals surface area (Å²) in [4.78, 5) is 15.1. The molecule has 3 aromatic heterocycles. The summed E-state index contributed by atoms with van der Waals surface area (Å²) < 4.78 is 55.1. The molecular formula is C36H29ClF3N7O2. The van der Waals surface area contributed by atoms with E-state index in [9.17, 15) is 9.50 Å². The number of pyridine rings is 1. The van der Waals surface area contributed by atoms with Gasteiger partial charge in [-0.15, -0.1) is 6.42 Å². The van der Waals surface area contributed by atoms with Crippen LogP contribution in [0.15, 0.2) is 67.3 Å². The zero-order chi connectivity index (χ0) is 33.9. The Labute approximate surface area is 284 Å². The number of nitrogens with one attached hydrogen (secondary N) is 1. The number of fused-ring (bicyclic) bond motifs is 3. The number of anilines is 2. The number of nitrogens with zero attached hydrogens (tertiary/aromatic N) is 6. The van der Waals surface area contributed by atoms with Crippen molar-refractivity contribution >= 4 is 40.2 Å². The maximum absolute atomic E-state index is 16.6. The number of allylic oxidation sites excluding steroid dienone is 1. The van der Waals surface area contributed by atoms with Crippen molar-refractivity contribution in [1.82, 2.24) is 29.6 Å². The summed E-state index contributed by atoms with van der Waals surface area (Å²) in [6.07, 6.45) is 13.9. The highest BCUT2D eigenvalue weighted by atomic mass is 35.5. The second kappa shape index (κ2) is 11.8. The number of phenolic OH excluding ortho intramolecular Hbond substituents is 1. The summed E-state index contributed by atoms with van der Waals surface area (Å²) in [6.45, 7) is 1.24. The third kappa shape index (κ3) is 5.07. The van der Waals surface area contributed by atoms with Crippen molar-refractivity contribution in [2.45, 2.75) is 42.6 Å². The van der Waals surface area contributed by atoms with E-state index in [-0.39, 0.29) is 46.2 Å². The fourth-order valence-electron chi connectivity index (χ4n) is 7.44. The quantitative estimate of drug-likeness (QED) is 0.183. The Bertz CT molecular complexity index is 2190. The molecule has 2 N–H and O–H groups in total. The zero-order valence-corrected chi connectivity index (χ0v) is 26.7. The number of hydrogen-bond donors (Lipinski definition) is 2. The van der Waals surface area contributed by atoms with Crippen LogP contribution < -0.4 is 10.1 Å². The standard InChI is InChI=1S/C36H29ClF3N7O2/c1-2-36(27-8-9-28(48)32(26(27)7-10-29(36)39)49-20-35-11-4-12-46(35)18-23(38)14-35)33-30(40)31-21(15-41-33)16-42-34(45-31)44-24-17-43-47(19-24)25-6-3-5-22(37)13-25/h1,3,5-10,13,15-17,19,23,29,48H,4,11-12,14,18,20H2,(H,42,44,45)/t23-,29?,35+,36?/m1/s1. The third-order valence-corrected chi connectivity index (χ3v) is 10.0. The first-order chi connectivity index (χ1) is 23.7. The van der Waals surface area contributed by atoms with Gasteiger partial charge in [-0.1, -0.05) is 35.7 Å². The monoisotopic (exact) mass is 683 g/mol. The molecule has 4 atom stereocenters. The number of phenols is 1. The van der Waals surface area contributed by atoms with E-state index in [0.29, 0.717) is 29.2 Å². The highest BCUT2D eigenvalue weighted by Crippen LogP contribution is 2.49. The topological polar surface area (TPSA) is 101 Å². The molecule has 13 heteroatoms. The number of hydrogen-bond acceptors (Lipinski definition) is 8. The molecule has 8 rings (SSSR count). The van der Waals surface area contributed by atoms with Crippen LogP contribution in [0.2, 0.25) is 5.02 Å². The average Bonchev–Trinajstić information content (AvgIpc) is 3.79. The summed E-state index contributed by atoms with van der Waals surface area (Å²) in [5.74, 6) is 1.52. The lowest BCUT2D eigenvalue weighted by Crippen LogP contribution is -2.43. The van der Waals surface area contributed by atoms with Crippen molar-refractivity contribution in [3.8, 4) is 29.5 Å². The van der Waals surface area contributed by atoms with Gasteiger partial charge >= 0.3 is 0 Å². The molecule has 3 aliphatic rings. The number of alkyl halides is 2. The molecule has 5 aromatic rings. The Kier molecular flexibility index (Phi) is 7.50. The molecule has 2 aliphatic heterocycles. The fraction of sp³-hybridized carbons (Fsp3) is 0.278. The molecule has 0 amide bonds. The molecule has 0 bridgehead atoms. The predicted octanol–water partition coefficient (Wildman–Crippen LogP) is 6.69. The summed E-state index contributed by atoms with van der Waals surface area (Å²) in [5, 5.41) is 19.1. The lowest BCUT2D eigenvalue weighted by atomic mass is 9.69. The average molecular weight is 684 g/mol. The summed E-state index contributed by atoms with van der Waals surface area (Å²) in [5.41, 5.74) is -1.25. The lowest BCUT2D eigenvalue weighted by molar-refractivity contribution is 0.111. The highest BCUT2D eigenvalue weighted by molar-refractivity contribution is 6.30. The van der Waals surface area contributed by atoms with Gasteiger partial charge in [-0.25, -0.2) is 27.8 Å². The van der Waals surface area contributed by atoms with Crippen molar-refractivity contribution in [3.63, 3.8) is 0 Å². The van der Waals surface area contributed by atoms with Gasteiger partial charge in [0.25, 0.3) is 0 Å². The number of aromatic hydroxyl groups is 1. The fourth-order valence-corrected chi connectivity index (χ4v) is 7.62. The minimum Gasteiger partial charge on any atom is -0.504 e. The third-order valence-electron chi connectivity index (χ3n) is 9.77. The zero-order valence-electron chi connectivity index (χ0n) is 26.0. The molecule has 0 spiro atoms. The van der Waals surface area contributed by atoms with Crippen LogP contribution in [0.4, 0.5) is 24.8 Å². The molecule has 248 valence electrons. The maximum Gasteiger partial charge on any atom is 0.227 e. The molecule has 2 saturated heterocycles. The normalized spacial score (nSPS) is 24.5. The molecule has 49 heavy (non-hydrogen) atoms. The minimum atomic E-state index is -2.03. The number of rotatable bonds is 7. The molecule has 5 heterocycles. The Balaban J connectivity index is 1.15. The van der Waals surface area contributed by atoms with Crippen molar-refractivity contribution in [3.05, 3.63) is 94.9 Å². The van der Waals surface area contributed by atoms with E-state index in [1.54, 1.807) is 35.3 Å². The first kappa shape index (κ1) is 31.2. The Hall–Kier alpha value is -5.12. The first-order valence-corrected chi connectivity index (χ1v) is 16.2. The minimum absolute atomic E-state index is 0.0630. The SMILES string of the molecule is C#CC1(c2ncc3cnc(Nc4cnn(-c5cccc(Cl)c5)c4)nc3c2F)c2ccc(O)c(OC[C@@]34CCCN3C[C@H](F)C4)c2C=CC1F. The van der Waals surface area contributed by atoms with Gasteiger partial charge in [0.05, 0.1) is 29.3 Å². The second-order valence-corrected chi connectivity index (χ2v) is 13.1. The van der Waals surface area contributed by atoms with Crippen molar-refractivity contribution in [2.75, 3.05) is 25.0 Å². The van der Waals surface area contributed by atoms with Gasteiger partial charge in [-0.3, -0.25) is 9.88 Å². The van der Waals surface area contributed by atoms with E-state index in [1.165, 1.54) is 36.7 Å². The summed E-state index contributed by atoms with van der Waals surface area (Å²) in [6, 6.07) is 9.95. The molecular weight excluding hydrogens is 655 g/mol. The van der Waals surface area contributed by atoms with Crippen LogP contribution in [-0.4, -0.2) is 72.3 Å². The van der Waals surface area contributed by atoms with Crippen LogP contribution in [0, 0.1) is 18.2 Å². The van der Waals surface area contributed by atoms with Crippen molar-refractivity contribution < 1.29 is 23.0 Å². The van der Waals surface area contributed by atoms with E-state index in [1.807, 2.05) is 6.07 Å². The molecule has 1 aliphatic carbocycles. The van der Waals surface area contributed by atoms with E-state index < -0.39 is 29.1 Å². The van der Waals surface area contributed by atoms with Gasteiger partial charge in [-0.05, 0) is 55.3 Å². The number of benzene rings is 2. The number of halogens is 4. The lowest BCUT2D eigenvalue weighted by Gasteiger charge is -2.36. The first-order valence-electron chi connectivity index (χ1n) is 15.8. The predicted molar refractivity (Wildman–Crippen MR) is 179 cm³/mol. The summed E-state index contributed by atoms with van der Waals surface area (Å²) in [7, 11) is 0. The van der Waals surface area contributed by atoms with Gasteiger partial charge in [0.2, 0.25) is 5.95 Å². The molecule has 2 unspecified atom stereocenters. The Morgan fingerprint density at radius 1 is 1.16 bits per heavy atom. The molecule has 0 saturated carbocycles. The van der Waals surface area contributed by atoms with Crippen LogP contribution in [0.3, 0.4) is 0 Å². The van der Waals surface area contributed by atoms with E-state index >= 15 is 8.78 Å². The van der Waals surface area contributed by atoms with Gasteiger partial charge in [0.1, 0.15) is 35.6 Å². The number of terminal acetylenes is 1. The van der Waals surface area contributed by atoms with Crippen LogP contribution in [0.1, 0.15) is 36.1 Å². The van der Waals surface area contributed by atoms with Gasteiger partial charge in [-0.2, -0.15) is 5.10 Å². The van der Waals surface area contributed by atoms with Crippen LogP contribution >= 0.6 is 11.6 Å². The van der Waals surface area contributed by atoms with Crippen LogP contribution in [0.5, 0.6) is 11.5 Å². The highest BCUT2D eigenvalue weighted by Gasteiger charge is 2.51. The van der Waals surface area contributed by atoms with Crippen molar-refractivity contribution in [1.29, 1.82) is 0 Å². The molecule has 9 nitrogen and oxygen atoms in total. The smallest absolute Gasteiger partial charge is 0.227 e. The Morgan fingerprint density at radius 3 is 2.86 bits per heavy atom. The van der Waals surface area contributed by atoms with Gasteiger partial charge < -0.3 is 15.2 Å². The van der Waals surface area contributed by atoms with Crippen LogP contribution in [-0.2, 0) is 5.41 Å². The van der Waals surface area contributed by atoms with E-state index in [4.69, 9.17) is 22.8 Å². The van der Waals surface area contributed by atoms with Gasteiger partial charge in [0, 0.05) is 41.3 Å². The summed E-state index contributed by atoms with van der Waals surface area (Å²) >= 11 is 6.12. The maximum atomic E-state index is 16.6. The number of ether oxygens (including phenoxy) is 1. The largest absolute Gasteiger partial charge is 0.504 e. The van der Waals surface area contributed by atoms with E-state index in [2.05, 4.69) is 36.2 Å². The molecule has 2 aromatic carbocycles. The van der Waals surface area contributed by atoms with E-state index in [0.717, 1.165) is 25.1 Å². The van der Waals surface area contributed by atoms with Crippen molar-refractivity contribution in [2.24, 2.45) is 0 Å². The number of aromatic nitrogens is 5. The second-order valence-electron chi connectivity index (χ2n) is 12.6. The molecule has 2 fully saturated rings. The van der Waals surface area contributed by atoms with Crippen LogP contribution in [0.25, 0.3) is 22.7 Å². The van der Waals surface area contributed by atoms with Gasteiger partial charge in [0.15, 0.2) is 17.3 Å². The molecule has 0 radical (unpaired) electrons. The Morgan fingerprint density at radius 2 is 2.02 bits per heavy atom.